The Morgan fingerprint density at radius 3 is 2.41 bits per heavy atom. The van der Waals surface area contributed by atoms with E-state index in [2.05, 4.69) is 32.9 Å². The second-order valence-corrected chi connectivity index (χ2v) is 8.69. The molecule has 3 rings (SSSR count). The van der Waals surface area contributed by atoms with Gasteiger partial charge in [0, 0.05) is 25.8 Å². The first-order valence-electron chi connectivity index (χ1n) is 10.2. The third-order valence-electron chi connectivity index (χ3n) is 5.24. The van der Waals surface area contributed by atoms with Gasteiger partial charge in [0.25, 0.3) is 0 Å². The van der Waals surface area contributed by atoms with E-state index in [9.17, 15) is 9.18 Å². The highest BCUT2D eigenvalue weighted by molar-refractivity contribution is 5.91. The van der Waals surface area contributed by atoms with E-state index in [4.69, 9.17) is 4.74 Å². The van der Waals surface area contributed by atoms with E-state index in [0.29, 0.717) is 13.1 Å². The van der Waals surface area contributed by atoms with Crippen molar-refractivity contribution in [1.82, 2.24) is 4.90 Å². The molecular weight excluding hydrogens is 365 g/mol. The summed E-state index contributed by atoms with van der Waals surface area (Å²) in [6.07, 6.45) is 5.52. The van der Waals surface area contributed by atoms with Crippen LogP contribution < -0.4 is 0 Å². The summed E-state index contributed by atoms with van der Waals surface area (Å²) in [6, 6.07) is 14.6. The third kappa shape index (κ3) is 6.26. The maximum atomic E-state index is 13.2. The molecule has 1 saturated heterocycles. The van der Waals surface area contributed by atoms with Crippen LogP contribution in [0.5, 0.6) is 0 Å². The number of amides is 1. The van der Waals surface area contributed by atoms with Crippen LogP contribution in [0.2, 0.25) is 0 Å². The van der Waals surface area contributed by atoms with Gasteiger partial charge in [-0.25, -0.2) is 4.39 Å². The van der Waals surface area contributed by atoms with Crippen LogP contribution >= 0.6 is 0 Å². The molecule has 1 aliphatic rings. The van der Waals surface area contributed by atoms with Crippen LogP contribution in [0.1, 0.15) is 50.3 Å². The van der Waals surface area contributed by atoms with Crippen LogP contribution in [-0.2, 0) is 21.5 Å². The predicted molar refractivity (Wildman–Crippen MR) is 115 cm³/mol. The zero-order valence-electron chi connectivity index (χ0n) is 17.5. The Morgan fingerprint density at radius 1 is 1.14 bits per heavy atom. The second kappa shape index (κ2) is 9.36. The molecule has 1 fully saturated rings. The minimum absolute atomic E-state index is 0.0651. The molecule has 29 heavy (non-hydrogen) atoms. The monoisotopic (exact) mass is 395 g/mol. The van der Waals surface area contributed by atoms with Crippen LogP contribution in [0.15, 0.2) is 54.6 Å². The molecule has 3 nitrogen and oxygen atoms in total. The zero-order valence-corrected chi connectivity index (χ0v) is 17.5. The van der Waals surface area contributed by atoms with E-state index in [1.54, 1.807) is 23.1 Å². The fourth-order valence-corrected chi connectivity index (χ4v) is 3.44. The van der Waals surface area contributed by atoms with Gasteiger partial charge in [-0.2, -0.15) is 0 Å². The molecule has 4 heteroatoms. The number of ether oxygens (including phenoxy) is 1. The third-order valence-corrected chi connectivity index (χ3v) is 5.24. The van der Waals surface area contributed by atoms with Crippen molar-refractivity contribution < 1.29 is 13.9 Å². The Hall–Kier alpha value is -2.46. The lowest BCUT2D eigenvalue weighted by atomic mass is 9.87. The SMILES string of the molecule is CC(C)(C)c1ccc(/C=C/C(=O)N(Cc2ccc(F)cc2)CC2CCCO2)cc1. The van der Waals surface area contributed by atoms with Crippen molar-refractivity contribution in [3.05, 3.63) is 77.1 Å². The maximum Gasteiger partial charge on any atom is 0.246 e. The highest BCUT2D eigenvalue weighted by Crippen LogP contribution is 2.22. The lowest BCUT2D eigenvalue weighted by Gasteiger charge is -2.24. The standard InChI is InChI=1S/C25H30FNO2/c1-25(2,3)21-11-6-19(7-12-21)10-15-24(28)27(18-23-5-4-16-29-23)17-20-8-13-22(26)14-9-20/h6-15,23H,4-5,16-18H2,1-3H3/b15-10+. The number of hydrogen-bond acceptors (Lipinski definition) is 2. The van der Waals surface area contributed by atoms with Crippen LogP contribution in [-0.4, -0.2) is 30.1 Å². The molecule has 1 unspecified atom stereocenters. The van der Waals surface area contributed by atoms with Crippen molar-refractivity contribution in [2.24, 2.45) is 0 Å². The average Bonchev–Trinajstić information content (AvgIpc) is 3.20. The summed E-state index contributed by atoms with van der Waals surface area (Å²) in [5.41, 5.74) is 3.26. The van der Waals surface area contributed by atoms with Crippen molar-refractivity contribution in [1.29, 1.82) is 0 Å². The summed E-state index contributed by atoms with van der Waals surface area (Å²) in [6.45, 7) is 8.27. The lowest BCUT2D eigenvalue weighted by Crippen LogP contribution is -2.35. The van der Waals surface area contributed by atoms with Gasteiger partial charge in [0.15, 0.2) is 0 Å². The van der Waals surface area contributed by atoms with Crippen molar-refractivity contribution in [2.75, 3.05) is 13.2 Å². The molecule has 1 heterocycles. The summed E-state index contributed by atoms with van der Waals surface area (Å²) in [5.74, 6) is -0.339. The molecule has 1 aliphatic heterocycles. The van der Waals surface area contributed by atoms with Crippen LogP contribution in [0.3, 0.4) is 0 Å². The highest BCUT2D eigenvalue weighted by Gasteiger charge is 2.22. The Bertz CT molecular complexity index is 829. The first-order chi connectivity index (χ1) is 13.8. The van der Waals surface area contributed by atoms with E-state index >= 15 is 0 Å². The zero-order chi connectivity index (χ0) is 20.9. The van der Waals surface area contributed by atoms with Crippen LogP contribution in [0.25, 0.3) is 6.08 Å². The number of halogens is 1. The first-order valence-corrected chi connectivity index (χ1v) is 10.2. The average molecular weight is 396 g/mol. The normalized spacial score (nSPS) is 17.0. The molecule has 1 atom stereocenters. The Kier molecular flexibility index (Phi) is 6.86. The van der Waals surface area contributed by atoms with E-state index in [0.717, 1.165) is 30.6 Å². The van der Waals surface area contributed by atoms with Gasteiger partial charge in [-0.3, -0.25) is 4.79 Å². The van der Waals surface area contributed by atoms with E-state index in [1.165, 1.54) is 17.7 Å². The van der Waals surface area contributed by atoms with Crippen molar-refractivity contribution in [2.45, 2.75) is 51.7 Å². The minimum Gasteiger partial charge on any atom is -0.376 e. The number of nitrogens with zero attached hydrogens (tertiary/aromatic N) is 1. The molecular formula is C25H30FNO2. The molecule has 2 aromatic carbocycles. The molecule has 0 bridgehead atoms. The topological polar surface area (TPSA) is 29.5 Å². The fourth-order valence-electron chi connectivity index (χ4n) is 3.44. The highest BCUT2D eigenvalue weighted by atomic mass is 19.1. The van der Waals surface area contributed by atoms with Gasteiger partial charge in [-0.15, -0.1) is 0 Å². The summed E-state index contributed by atoms with van der Waals surface area (Å²) < 4.78 is 18.9. The number of carbonyl (C=O) groups excluding carboxylic acids is 1. The second-order valence-electron chi connectivity index (χ2n) is 8.69. The molecule has 0 spiro atoms. The molecule has 0 saturated carbocycles. The van der Waals surface area contributed by atoms with Gasteiger partial charge in [0.2, 0.25) is 5.91 Å². The Balaban J connectivity index is 1.70. The molecule has 2 aromatic rings. The molecule has 154 valence electrons. The van der Waals surface area contributed by atoms with Crippen LogP contribution in [0, 0.1) is 5.82 Å². The van der Waals surface area contributed by atoms with Crippen molar-refractivity contribution in [3.63, 3.8) is 0 Å². The Morgan fingerprint density at radius 2 is 1.83 bits per heavy atom. The van der Waals surface area contributed by atoms with Gasteiger partial charge in [-0.1, -0.05) is 57.2 Å². The minimum atomic E-state index is -0.274. The molecule has 0 N–H and O–H groups in total. The number of carbonyl (C=O) groups is 1. The van der Waals surface area contributed by atoms with E-state index in [1.807, 2.05) is 18.2 Å². The van der Waals surface area contributed by atoms with Crippen LogP contribution in [0.4, 0.5) is 4.39 Å². The first kappa shape index (κ1) is 21.3. The van der Waals surface area contributed by atoms with E-state index < -0.39 is 0 Å². The predicted octanol–water partition coefficient (Wildman–Crippen LogP) is 5.34. The van der Waals surface area contributed by atoms with Crippen molar-refractivity contribution in [3.8, 4) is 0 Å². The van der Waals surface area contributed by atoms with Crippen molar-refractivity contribution >= 4 is 12.0 Å². The van der Waals surface area contributed by atoms with E-state index in [-0.39, 0.29) is 23.2 Å². The molecule has 0 aliphatic carbocycles. The summed E-state index contributed by atoms with van der Waals surface area (Å²) in [4.78, 5) is 14.7. The summed E-state index contributed by atoms with van der Waals surface area (Å²) >= 11 is 0. The molecule has 0 radical (unpaired) electrons. The fraction of sp³-hybridized carbons (Fsp3) is 0.400. The van der Waals surface area contributed by atoms with Gasteiger partial charge in [0.05, 0.1) is 6.10 Å². The number of benzene rings is 2. The Labute approximate surface area is 173 Å². The van der Waals surface area contributed by atoms with Gasteiger partial charge in [0.1, 0.15) is 5.82 Å². The molecule has 0 aromatic heterocycles. The summed E-state index contributed by atoms with van der Waals surface area (Å²) in [7, 11) is 0. The lowest BCUT2D eigenvalue weighted by molar-refractivity contribution is -0.128. The number of hydrogen-bond donors (Lipinski definition) is 0. The number of rotatable bonds is 6. The summed E-state index contributed by atoms with van der Waals surface area (Å²) in [5, 5.41) is 0. The molecule has 1 amide bonds. The van der Waals surface area contributed by atoms with Gasteiger partial charge in [-0.05, 0) is 53.2 Å². The smallest absolute Gasteiger partial charge is 0.246 e. The van der Waals surface area contributed by atoms with Gasteiger partial charge >= 0.3 is 0 Å². The quantitative estimate of drug-likeness (QED) is 0.618. The van der Waals surface area contributed by atoms with Gasteiger partial charge < -0.3 is 9.64 Å². The maximum absolute atomic E-state index is 13.2. The largest absolute Gasteiger partial charge is 0.376 e.